The van der Waals surface area contributed by atoms with Crippen molar-refractivity contribution in [1.29, 1.82) is 0 Å². The first-order chi connectivity index (χ1) is 12.4. The van der Waals surface area contributed by atoms with E-state index in [0.29, 0.717) is 12.3 Å². The second-order valence-electron chi connectivity index (χ2n) is 6.77. The summed E-state index contributed by atoms with van der Waals surface area (Å²) in [5.74, 6) is -0.0662. The quantitative estimate of drug-likeness (QED) is 0.757. The maximum atomic E-state index is 13.2. The molecule has 0 saturated heterocycles. The maximum Gasteiger partial charge on any atom is 0.270 e. The standard InChI is InChI=1S/C21H25N3O2/c1-13-10-14(2)19-16(11-13)15(3)20(23-19)21(25)24(4)18(12-26-5)17-8-6-7-9-22-17/h6-11,18,23H,12H2,1-5H3/t18-/m1/s1. The van der Waals surface area contributed by atoms with Crippen LogP contribution in [0, 0.1) is 20.8 Å². The zero-order valence-electron chi connectivity index (χ0n) is 16.0. The molecule has 0 aliphatic rings. The minimum absolute atomic E-state index is 0.0662. The van der Waals surface area contributed by atoms with E-state index in [-0.39, 0.29) is 11.9 Å². The van der Waals surface area contributed by atoms with Gasteiger partial charge in [-0.25, -0.2) is 0 Å². The summed E-state index contributed by atoms with van der Waals surface area (Å²) in [4.78, 5) is 22.7. The molecule has 2 aromatic heterocycles. The average Bonchev–Trinajstić information content (AvgIpc) is 2.96. The van der Waals surface area contributed by atoms with Crippen molar-refractivity contribution in [1.82, 2.24) is 14.9 Å². The summed E-state index contributed by atoms with van der Waals surface area (Å²) in [6.07, 6.45) is 1.73. The van der Waals surface area contributed by atoms with Gasteiger partial charge in [0, 0.05) is 31.3 Å². The highest BCUT2D eigenvalue weighted by Gasteiger charge is 2.26. The topological polar surface area (TPSA) is 58.2 Å². The highest BCUT2D eigenvalue weighted by Crippen LogP contribution is 2.28. The molecule has 5 nitrogen and oxygen atoms in total. The maximum absolute atomic E-state index is 13.2. The van der Waals surface area contributed by atoms with Gasteiger partial charge in [-0.1, -0.05) is 17.7 Å². The van der Waals surface area contributed by atoms with Gasteiger partial charge in [0.15, 0.2) is 0 Å². The molecule has 5 heteroatoms. The Hall–Kier alpha value is -2.66. The molecule has 1 amide bonds. The summed E-state index contributed by atoms with van der Waals surface area (Å²) in [7, 11) is 3.43. The first kappa shape index (κ1) is 18.1. The second-order valence-corrected chi connectivity index (χ2v) is 6.77. The van der Waals surface area contributed by atoms with Gasteiger partial charge in [0.05, 0.1) is 18.3 Å². The van der Waals surface area contributed by atoms with Crippen molar-refractivity contribution in [2.24, 2.45) is 0 Å². The lowest BCUT2D eigenvalue weighted by atomic mass is 10.1. The van der Waals surface area contributed by atoms with Crippen LogP contribution in [0.4, 0.5) is 0 Å². The summed E-state index contributed by atoms with van der Waals surface area (Å²) < 4.78 is 5.35. The van der Waals surface area contributed by atoms with E-state index < -0.39 is 0 Å². The van der Waals surface area contributed by atoms with E-state index >= 15 is 0 Å². The molecule has 1 atom stereocenters. The Morgan fingerprint density at radius 3 is 2.69 bits per heavy atom. The predicted molar refractivity (Wildman–Crippen MR) is 103 cm³/mol. The van der Waals surface area contributed by atoms with Crippen molar-refractivity contribution in [3.05, 3.63) is 64.6 Å². The largest absolute Gasteiger partial charge is 0.382 e. The number of fused-ring (bicyclic) bond motifs is 1. The van der Waals surface area contributed by atoms with Crippen LogP contribution < -0.4 is 0 Å². The molecular weight excluding hydrogens is 326 g/mol. The fourth-order valence-electron chi connectivity index (χ4n) is 3.44. The smallest absolute Gasteiger partial charge is 0.270 e. The molecule has 0 radical (unpaired) electrons. The molecule has 1 N–H and O–H groups in total. The van der Waals surface area contributed by atoms with Crippen LogP contribution >= 0.6 is 0 Å². The van der Waals surface area contributed by atoms with Crippen molar-refractivity contribution >= 4 is 16.8 Å². The number of benzene rings is 1. The number of aromatic amines is 1. The lowest BCUT2D eigenvalue weighted by molar-refractivity contribution is 0.0590. The number of carbonyl (C=O) groups is 1. The minimum atomic E-state index is -0.248. The lowest BCUT2D eigenvalue weighted by Gasteiger charge is -2.27. The van der Waals surface area contributed by atoms with Crippen LogP contribution in [0.25, 0.3) is 10.9 Å². The molecule has 0 saturated carbocycles. The van der Waals surface area contributed by atoms with E-state index in [1.807, 2.05) is 25.1 Å². The second kappa shape index (κ2) is 7.30. The van der Waals surface area contributed by atoms with Crippen molar-refractivity contribution in [2.45, 2.75) is 26.8 Å². The number of nitrogens with zero attached hydrogens (tertiary/aromatic N) is 2. The Bertz CT molecular complexity index is 931. The van der Waals surface area contributed by atoms with Crippen LogP contribution in [0.5, 0.6) is 0 Å². The molecule has 26 heavy (non-hydrogen) atoms. The average molecular weight is 351 g/mol. The summed E-state index contributed by atoms with van der Waals surface area (Å²) in [6, 6.07) is 9.70. The van der Waals surface area contributed by atoms with E-state index in [4.69, 9.17) is 4.74 Å². The zero-order valence-corrected chi connectivity index (χ0v) is 16.0. The first-order valence-corrected chi connectivity index (χ1v) is 8.70. The Kier molecular flexibility index (Phi) is 5.09. The zero-order chi connectivity index (χ0) is 18.8. The number of pyridine rings is 1. The number of ether oxygens (including phenoxy) is 1. The Labute approximate surface area is 154 Å². The first-order valence-electron chi connectivity index (χ1n) is 8.70. The van der Waals surface area contributed by atoms with Crippen molar-refractivity contribution in [2.75, 3.05) is 20.8 Å². The minimum Gasteiger partial charge on any atom is -0.382 e. The number of aryl methyl sites for hydroxylation is 3. The molecule has 0 fully saturated rings. The number of nitrogens with one attached hydrogen (secondary N) is 1. The summed E-state index contributed by atoms with van der Waals surface area (Å²) in [6.45, 7) is 6.51. The van der Waals surface area contributed by atoms with Gasteiger partial charge in [-0.05, 0) is 50.1 Å². The van der Waals surface area contributed by atoms with Crippen LogP contribution in [0.15, 0.2) is 36.5 Å². The third kappa shape index (κ3) is 3.22. The number of likely N-dealkylation sites (N-methyl/N-ethyl adjacent to an activating group) is 1. The Morgan fingerprint density at radius 1 is 1.27 bits per heavy atom. The lowest BCUT2D eigenvalue weighted by Crippen LogP contribution is -2.34. The molecule has 0 unspecified atom stereocenters. The van der Waals surface area contributed by atoms with Crippen molar-refractivity contribution < 1.29 is 9.53 Å². The van der Waals surface area contributed by atoms with Crippen LogP contribution in [0.2, 0.25) is 0 Å². The fraction of sp³-hybridized carbons (Fsp3) is 0.333. The number of hydrogen-bond donors (Lipinski definition) is 1. The molecule has 3 rings (SSSR count). The van der Waals surface area contributed by atoms with Crippen LogP contribution in [-0.4, -0.2) is 41.5 Å². The highest BCUT2D eigenvalue weighted by molar-refractivity contribution is 6.01. The molecule has 0 spiro atoms. The van der Waals surface area contributed by atoms with Crippen molar-refractivity contribution in [3.8, 4) is 0 Å². The summed E-state index contributed by atoms with van der Waals surface area (Å²) in [5, 5.41) is 1.10. The SMILES string of the molecule is COC[C@H](c1ccccn1)N(C)C(=O)c1[nH]c2c(C)cc(C)cc2c1C. The molecule has 0 aliphatic heterocycles. The van der Waals surface area contributed by atoms with Crippen LogP contribution in [0.3, 0.4) is 0 Å². The number of carbonyl (C=O) groups excluding carboxylic acids is 1. The number of aromatic nitrogens is 2. The van der Waals surface area contributed by atoms with Crippen LogP contribution in [0.1, 0.15) is 38.9 Å². The monoisotopic (exact) mass is 351 g/mol. The van der Waals surface area contributed by atoms with E-state index in [9.17, 15) is 4.79 Å². The summed E-state index contributed by atoms with van der Waals surface area (Å²) in [5.41, 5.74) is 5.75. The van der Waals surface area contributed by atoms with Gasteiger partial charge >= 0.3 is 0 Å². The molecule has 1 aromatic carbocycles. The van der Waals surface area contributed by atoms with Gasteiger partial charge in [-0.15, -0.1) is 0 Å². The molecule has 0 aliphatic carbocycles. The fourth-order valence-corrected chi connectivity index (χ4v) is 3.44. The molecule has 136 valence electrons. The van der Waals surface area contributed by atoms with Gasteiger partial charge in [0.25, 0.3) is 5.91 Å². The number of methoxy groups -OCH3 is 1. The normalized spacial score (nSPS) is 12.3. The Morgan fingerprint density at radius 2 is 2.04 bits per heavy atom. The van der Waals surface area contributed by atoms with E-state index in [2.05, 4.69) is 35.9 Å². The number of amides is 1. The molecule has 0 bridgehead atoms. The van der Waals surface area contributed by atoms with Gasteiger partial charge in [0.2, 0.25) is 0 Å². The third-order valence-corrected chi connectivity index (χ3v) is 4.86. The van der Waals surface area contributed by atoms with Crippen LogP contribution in [-0.2, 0) is 4.74 Å². The van der Waals surface area contributed by atoms with Crippen molar-refractivity contribution in [3.63, 3.8) is 0 Å². The predicted octanol–water partition coefficient (Wildman–Crippen LogP) is 3.95. The summed E-state index contributed by atoms with van der Waals surface area (Å²) >= 11 is 0. The molecular formula is C21H25N3O2. The van der Waals surface area contributed by atoms with E-state index in [1.165, 1.54) is 5.56 Å². The van der Waals surface area contributed by atoms with E-state index in [0.717, 1.165) is 27.7 Å². The number of H-pyrrole nitrogens is 1. The highest BCUT2D eigenvalue weighted by atomic mass is 16.5. The molecule has 3 aromatic rings. The van der Waals surface area contributed by atoms with Gasteiger partial charge in [-0.2, -0.15) is 0 Å². The van der Waals surface area contributed by atoms with Gasteiger partial charge in [-0.3, -0.25) is 9.78 Å². The Balaban J connectivity index is 2.01. The van der Waals surface area contributed by atoms with Gasteiger partial charge < -0.3 is 14.6 Å². The third-order valence-electron chi connectivity index (χ3n) is 4.86. The van der Waals surface area contributed by atoms with Gasteiger partial charge in [0.1, 0.15) is 5.69 Å². The number of hydrogen-bond acceptors (Lipinski definition) is 3. The number of rotatable bonds is 5. The molecule has 2 heterocycles. The van der Waals surface area contributed by atoms with E-state index in [1.54, 1.807) is 25.3 Å².